The molecule has 39 heavy (non-hydrogen) atoms. The number of aromatic amines is 1. The lowest BCUT2D eigenvalue weighted by molar-refractivity contribution is -0.173. The Balaban J connectivity index is 1.68. The van der Waals surface area contributed by atoms with Gasteiger partial charge in [-0.25, -0.2) is 13.1 Å². The lowest BCUT2D eigenvalue weighted by Crippen LogP contribution is -2.55. The Hall–Kier alpha value is -3.46. The van der Waals surface area contributed by atoms with Gasteiger partial charge in [0.15, 0.2) is 0 Å². The summed E-state index contributed by atoms with van der Waals surface area (Å²) in [5.74, 6) is -4.09. The molecular formula is C24H31F3N6O5S. The van der Waals surface area contributed by atoms with Crippen LogP contribution in [0.1, 0.15) is 25.3 Å². The summed E-state index contributed by atoms with van der Waals surface area (Å²) in [5.41, 5.74) is 1.04. The number of H-pyrrole nitrogens is 1. The van der Waals surface area contributed by atoms with E-state index in [1.807, 2.05) is 0 Å². The van der Waals surface area contributed by atoms with Gasteiger partial charge >= 0.3 is 6.18 Å². The van der Waals surface area contributed by atoms with E-state index in [2.05, 4.69) is 20.3 Å². The molecule has 2 aromatic rings. The number of alkyl halides is 3. The van der Waals surface area contributed by atoms with Gasteiger partial charge in [-0.2, -0.15) is 13.2 Å². The number of para-hydroxylation sites is 1. The van der Waals surface area contributed by atoms with Crippen LogP contribution in [0.4, 0.5) is 13.2 Å². The lowest BCUT2D eigenvalue weighted by Gasteiger charge is -2.36. The van der Waals surface area contributed by atoms with Crippen LogP contribution in [0.2, 0.25) is 0 Å². The van der Waals surface area contributed by atoms with Crippen LogP contribution in [0.3, 0.4) is 0 Å². The molecule has 5 N–H and O–H groups in total. The number of nitrogens with zero attached hydrogens (tertiary/aromatic N) is 1. The Labute approximate surface area is 223 Å². The largest absolute Gasteiger partial charge is 0.452 e. The first-order valence-corrected chi connectivity index (χ1v) is 14.1. The molecule has 2 unspecified atom stereocenters. The van der Waals surface area contributed by atoms with E-state index in [0.29, 0.717) is 48.2 Å². The number of carbonyl (C=O) groups is 3. The molecule has 0 bridgehead atoms. The number of ketones is 1. The number of amides is 2. The molecule has 0 saturated carbocycles. The van der Waals surface area contributed by atoms with E-state index in [1.165, 1.54) is 6.20 Å². The summed E-state index contributed by atoms with van der Waals surface area (Å²) < 4.78 is 65.9. The molecule has 0 radical (unpaired) electrons. The number of piperidine rings is 1. The third-order valence-corrected chi connectivity index (χ3v) is 7.24. The Kier molecular flexibility index (Phi) is 9.38. The van der Waals surface area contributed by atoms with E-state index < -0.39 is 64.8 Å². The van der Waals surface area contributed by atoms with Crippen LogP contribution in [-0.4, -0.2) is 85.9 Å². The third kappa shape index (κ3) is 8.26. The highest BCUT2D eigenvalue weighted by atomic mass is 32.2. The summed E-state index contributed by atoms with van der Waals surface area (Å²) in [4.78, 5) is 42.3. The second-order valence-electron chi connectivity index (χ2n) is 9.54. The average molecular weight is 573 g/mol. The van der Waals surface area contributed by atoms with Crippen LogP contribution >= 0.6 is 0 Å². The number of hydrogen-bond donors (Lipinski definition) is 5. The maximum atomic E-state index is 13.3. The zero-order valence-electron chi connectivity index (χ0n) is 21.4. The SMILES string of the molecule is CC(=N)N1CCC(C(NS(C)(=O)=O)C(=O)NCC(=O)NC(Cc2c[nH]c3ccccc23)C(=O)C(F)(F)F)CC1. The summed E-state index contributed by atoms with van der Waals surface area (Å²) in [6.45, 7) is 1.72. The number of Topliss-reactive ketones (excluding diaryl/α,β-unsaturated/α-hetero) is 1. The Morgan fingerprint density at radius 2 is 1.82 bits per heavy atom. The Morgan fingerprint density at radius 1 is 1.18 bits per heavy atom. The number of sulfonamides is 1. The van der Waals surface area contributed by atoms with E-state index >= 15 is 0 Å². The number of likely N-dealkylation sites (tertiary alicyclic amines) is 1. The van der Waals surface area contributed by atoms with Gasteiger partial charge in [0.1, 0.15) is 12.1 Å². The normalized spacial score (nSPS) is 16.5. The van der Waals surface area contributed by atoms with Crippen LogP contribution in [0.25, 0.3) is 10.9 Å². The van der Waals surface area contributed by atoms with E-state index in [-0.39, 0.29) is 0 Å². The van der Waals surface area contributed by atoms with Gasteiger partial charge < -0.3 is 20.5 Å². The summed E-state index contributed by atoms with van der Waals surface area (Å²) in [5, 5.41) is 12.7. The molecule has 15 heteroatoms. The number of hydrogen-bond acceptors (Lipinski definition) is 6. The van der Waals surface area contributed by atoms with E-state index in [4.69, 9.17) is 5.41 Å². The monoisotopic (exact) mass is 572 g/mol. The number of aromatic nitrogens is 1. The Bertz CT molecular complexity index is 1340. The molecule has 2 heterocycles. The van der Waals surface area contributed by atoms with E-state index in [0.717, 1.165) is 6.26 Å². The summed E-state index contributed by atoms with van der Waals surface area (Å²) in [7, 11) is -3.82. The predicted molar refractivity (Wildman–Crippen MR) is 137 cm³/mol. The second kappa shape index (κ2) is 12.2. The molecule has 214 valence electrons. The molecule has 1 saturated heterocycles. The molecular weight excluding hydrogens is 541 g/mol. The van der Waals surface area contributed by atoms with Crippen molar-refractivity contribution >= 4 is 44.4 Å². The minimum atomic E-state index is -5.21. The van der Waals surface area contributed by atoms with Gasteiger partial charge in [-0.15, -0.1) is 0 Å². The van der Waals surface area contributed by atoms with Gasteiger partial charge in [-0.3, -0.25) is 19.8 Å². The minimum absolute atomic E-state index is 0.345. The van der Waals surface area contributed by atoms with Crippen LogP contribution in [0.5, 0.6) is 0 Å². The van der Waals surface area contributed by atoms with Crippen LogP contribution in [-0.2, 0) is 30.8 Å². The highest BCUT2D eigenvalue weighted by molar-refractivity contribution is 7.88. The average Bonchev–Trinajstić information content (AvgIpc) is 3.26. The van der Waals surface area contributed by atoms with Crippen molar-refractivity contribution in [3.8, 4) is 0 Å². The molecule has 1 fully saturated rings. The molecule has 2 atom stereocenters. The van der Waals surface area contributed by atoms with Gasteiger partial charge in [-0.1, -0.05) is 18.2 Å². The molecule has 0 spiro atoms. The first kappa shape index (κ1) is 30.1. The van der Waals surface area contributed by atoms with Crippen LogP contribution < -0.4 is 15.4 Å². The first-order chi connectivity index (χ1) is 18.2. The number of amidine groups is 1. The molecule has 3 rings (SSSR count). The molecule has 2 amide bonds. The number of rotatable bonds is 10. The smallest absolute Gasteiger partial charge is 0.361 e. The van der Waals surface area contributed by atoms with E-state index in [1.54, 1.807) is 36.1 Å². The zero-order chi connectivity index (χ0) is 29.0. The van der Waals surface area contributed by atoms with Crippen molar-refractivity contribution in [2.45, 2.75) is 44.4 Å². The fourth-order valence-corrected chi connectivity index (χ4v) is 5.37. The van der Waals surface area contributed by atoms with Gasteiger partial charge in [0.05, 0.1) is 18.6 Å². The highest BCUT2D eigenvalue weighted by Crippen LogP contribution is 2.24. The van der Waals surface area contributed by atoms with Gasteiger partial charge in [-0.05, 0) is 37.3 Å². The number of benzene rings is 1. The Morgan fingerprint density at radius 3 is 2.41 bits per heavy atom. The third-order valence-electron chi connectivity index (χ3n) is 6.56. The van der Waals surface area contributed by atoms with Crippen molar-refractivity contribution in [1.82, 2.24) is 25.2 Å². The quantitative estimate of drug-likeness (QED) is 0.211. The van der Waals surface area contributed by atoms with Crippen molar-refractivity contribution in [3.63, 3.8) is 0 Å². The predicted octanol–water partition coefficient (Wildman–Crippen LogP) is 1.07. The number of fused-ring (bicyclic) bond motifs is 1. The fourth-order valence-electron chi connectivity index (χ4n) is 4.61. The molecule has 1 aromatic carbocycles. The minimum Gasteiger partial charge on any atom is -0.361 e. The number of nitrogens with one attached hydrogen (secondary N) is 5. The summed E-state index contributed by atoms with van der Waals surface area (Å²) in [6, 6.07) is 3.64. The van der Waals surface area contributed by atoms with Crippen molar-refractivity contribution in [1.29, 1.82) is 5.41 Å². The molecule has 1 aliphatic rings. The van der Waals surface area contributed by atoms with Gasteiger partial charge in [0.25, 0.3) is 5.78 Å². The van der Waals surface area contributed by atoms with Crippen molar-refractivity contribution in [2.24, 2.45) is 5.92 Å². The lowest BCUT2D eigenvalue weighted by atomic mass is 9.89. The topological polar surface area (TPSA) is 164 Å². The van der Waals surface area contributed by atoms with Gasteiger partial charge in [0.2, 0.25) is 21.8 Å². The maximum Gasteiger partial charge on any atom is 0.452 e. The summed E-state index contributed by atoms with van der Waals surface area (Å²) in [6.07, 6.45) is -2.50. The van der Waals surface area contributed by atoms with Crippen molar-refractivity contribution in [2.75, 3.05) is 25.9 Å². The highest BCUT2D eigenvalue weighted by Gasteiger charge is 2.44. The molecule has 0 aliphatic carbocycles. The standard InChI is InChI=1S/C24H31F3N6O5S/c1-14(28)33-9-7-15(8-10-33)21(32-39(2,37)38)23(36)30-13-20(34)31-19(22(35)24(25,26)27)11-16-12-29-18-6-4-3-5-17(16)18/h3-6,12,15,19,21,28-29,32H,7-11,13H2,1-2H3,(H,30,36)(H,31,34). The number of carbonyl (C=O) groups excluding carboxylic acids is 3. The van der Waals surface area contributed by atoms with Gasteiger partial charge in [0, 0.05) is 36.6 Å². The first-order valence-electron chi connectivity index (χ1n) is 12.2. The summed E-state index contributed by atoms with van der Waals surface area (Å²) >= 11 is 0. The second-order valence-corrected chi connectivity index (χ2v) is 11.3. The number of halogens is 3. The zero-order valence-corrected chi connectivity index (χ0v) is 22.2. The van der Waals surface area contributed by atoms with E-state index in [9.17, 15) is 36.0 Å². The van der Waals surface area contributed by atoms with Crippen molar-refractivity contribution in [3.05, 3.63) is 36.0 Å². The molecule has 1 aromatic heterocycles. The van der Waals surface area contributed by atoms with Crippen LogP contribution in [0.15, 0.2) is 30.5 Å². The molecule has 1 aliphatic heterocycles. The van der Waals surface area contributed by atoms with Crippen LogP contribution in [0, 0.1) is 11.3 Å². The fraction of sp³-hybridized carbons (Fsp3) is 0.500. The molecule has 11 nitrogen and oxygen atoms in total. The van der Waals surface area contributed by atoms with Crippen molar-refractivity contribution < 1.29 is 36.0 Å². The maximum absolute atomic E-state index is 13.3.